The van der Waals surface area contributed by atoms with Crippen LogP contribution in [0.3, 0.4) is 0 Å². The van der Waals surface area contributed by atoms with Crippen LogP contribution < -0.4 is 10.2 Å². The number of nitrogens with one attached hydrogen (secondary N) is 1. The highest BCUT2D eigenvalue weighted by Gasteiger charge is 2.28. The molecule has 5 rings (SSSR count). The summed E-state index contributed by atoms with van der Waals surface area (Å²) in [4.78, 5) is 44.5. The normalized spacial score (nSPS) is 15.8. The number of carbonyl (C=O) groups excluding carboxylic acids is 3. The second-order valence-corrected chi connectivity index (χ2v) is 8.81. The molecule has 0 saturated carbocycles. The quantitative estimate of drug-likeness (QED) is 0.612. The number of anilines is 2. The summed E-state index contributed by atoms with van der Waals surface area (Å²) in [6, 6.07) is 17.9. The first-order valence-electron chi connectivity index (χ1n) is 12.0. The number of rotatable bonds is 5. The van der Waals surface area contributed by atoms with Gasteiger partial charge in [-0.25, -0.2) is 0 Å². The fourth-order valence-electron chi connectivity index (χ4n) is 4.65. The third-order valence-electron chi connectivity index (χ3n) is 6.55. The molecule has 8 nitrogen and oxygen atoms in total. The van der Waals surface area contributed by atoms with Gasteiger partial charge in [0.1, 0.15) is 0 Å². The summed E-state index contributed by atoms with van der Waals surface area (Å²) in [5.41, 5.74) is 2.53. The lowest BCUT2D eigenvalue weighted by Crippen LogP contribution is -2.49. The van der Waals surface area contributed by atoms with Crippen LogP contribution >= 0.6 is 0 Å². The van der Waals surface area contributed by atoms with Crippen LogP contribution in [-0.4, -0.2) is 66.8 Å². The average Bonchev–Trinajstić information content (AvgIpc) is 3.64. The van der Waals surface area contributed by atoms with Crippen molar-refractivity contribution in [1.82, 2.24) is 9.80 Å². The zero-order valence-electron chi connectivity index (χ0n) is 19.5. The van der Waals surface area contributed by atoms with E-state index in [0.29, 0.717) is 48.8 Å². The van der Waals surface area contributed by atoms with Gasteiger partial charge in [0.2, 0.25) is 0 Å². The summed E-state index contributed by atoms with van der Waals surface area (Å²) in [5, 5.41) is 2.92. The van der Waals surface area contributed by atoms with Gasteiger partial charge in [-0.3, -0.25) is 14.4 Å². The van der Waals surface area contributed by atoms with E-state index in [1.165, 1.54) is 6.26 Å². The van der Waals surface area contributed by atoms with E-state index >= 15 is 0 Å². The van der Waals surface area contributed by atoms with Gasteiger partial charge in [0.15, 0.2) is 5.76 Å². The van der Waals surface area contributed by atoms with Gasteiger partial charge in [0.05, 0.1) is 11.8 Å². The fourth-order valence-corrected chi connectivity index (χ4v) is 4.65. The van der Waals surface area contributed by atoms with Crippen LogP contribution in [0.2, 0.25) is 0 Å². The maximum absolute atomic E-state index is 13.5. The molecule has 0 radical (unpaired) electrons. The number of hydrogen-bond acceptors (Lipinski definition) is 5. The molecular weight excluding hydrogens is 444 g/mol. The molecule has 3 heterocycles. The van der Waals surface area contributed by atoms with Gasteiger partial charge in [0.25, 0.3) is 17.7 Å². The number of furan rings is 1. The first-order valence-corrected chi connectivity index (χ1v) is 12.0. The number of benzene rings is 2. The van der Waals surface area contributed by atoms with Gasteiger partial charge in [-0.15, -0.1) is 0 Å². The molecule has 180 valence electrons. The predicted octanol–water partition coefficient (Wildman–Crippen LogP) is 3.73. The molecule has 0 atom stereocenters. The van der Waals surface area contributed by atoms with Crippen molar-refractivity contribution < 1.29 is 18.8 Å². The van der Waals surface area contributed by atoms with Crippen LogP contribution in [-0.2, 0) is 0 Å². The molecule has 2 aliphatic heterocycles. The van der Waals surface area contributed by atoms with E-state index < -0.39 is 0 Å². The lowest BCUT2D eigenvalue weighted by atomic mass is 10.1. The molecule has 35 heavy (non-hydrogen) atoms. The lowest BCUT2D eigenvalue weighted by Gasteiger charge is -2.37. The Labute approximate surface area is 204 Å². The van der Waals surface area contributed by atoms with Crippen molar-refractivity contribution in [3.8, 4) is 0 Å². The molecule has 0 spiro atoms. The summed E-state index contributed by atoms with van der Waals surface area (Å²) < 4.78 is 5.25. The SMILES string of the molecule is O=C(Nc1ccc(N2CCN(C(=O)c3ccco3)CC2)c(C(=O)N2CCCC2)c1)c1ccccc1. The number of hydrogen-bond donors (Lipinski definition) is 1. The Hall–Kier alpha value is -4.07. The van der Waals surface area contributed by atoms with Gasteiger partial charge in [-0.2, -0.15) is 0 Å². The molecule has 1 aromatic heterocycles. The van der Waals surface area contributed by atoms with Crippen LogP contribution in [0, 0.1) is 0 Å². The topological polar surface area (TPSA) is 86.1 Å². The summed E-state index contributed by atoms with van der Waals surface area (Å²) in [6.07, 6.45) is 3.50. The monoisotopic (exact) mass is 472 g/mol. The van der Waals surface area contributed by atoms with Gasteiger partial charge < -0.3 is 24.4 Å². The summed E-state index contributed by atoms with van der Waals surface area (Å²) >= 11 is 0. The minimum absolute atomic E-state index is 0.0256. The number of nitrogens with zero attached hydrogens (tertiary/aromatic N) is 3. The smallest absolute Gasteiger partial charge is 0.289 e. The van der Waals surface area contributed by atoms with Crippen LogP contribution in [0.1, 0.15) is 44.1 Å². The molecule has 2 aromatic carbocycles. The molecule has 8 heteroatoms. The Balaban J connectivity index is 1.36. The van der Waals surface area contributed by atoms with Gasteiger partial charge in [0, 0.05) is 56.2 Å². The third-order valence-corrected chi connectivity index (χ3v) is 6.55. The van der Waals surface area contributed by atoms with Crippen molar-refractivity contribution in [2.75, 3.05) is 49.5 Å². The van der Waals surface area contributed by atoms with Crippen molar-refractivity contribution in [2.24, 2.45) is 0 Å². The molecule has 1 N–H and O–H groups in total. The van der Waals surface area contributed by atoms with E-state index in [-0.39, 0.29) is 17.7 Å². The van der Waals surface area contributed by atoms with Gasteiger partial charge >= 0.3 is 0 Å². The van der Waals surface area contributed by atoms with Crippen molar-refractivity contribution in [3.63, 3.8) is 0 Å². The first-order chi connectivity index (χ1) is 17.1. The van der Waals surface area contributed by atoms with Crippen LogP contribution in [0.15, 0.2) is 71.3 Å². The van der Waals surface area contributed by atoms with E-state index in [2.05, 4.69) is 10.2 Å². The van der Waals surface area contributed by atoms with E-state index in [9.17, 15) is 14.4 Å². The largest absolute Gasteiger partial charge is 0.459 e. The number of piperazine rings is 1. The highest BCUT2D eigenvalue weighted by Crippen LogP contribution is 2.28. The second-order valence-electron chi connectivity index (χ2n) is 8.81. The molecule has 2 saturated heterocycles. The van der Waals surface area contributed by atoms with Gasteiger partial charge in [-0.1, -0.05) is 18.2 Å². The highest BCUT2D eigenvalue weighted by atomic mass is 16.3. The molecule has 2 aliphatic rings. The molecule has 0 bridgehead atoms. The Kier molecular flexibility index (Phi) is 6.52. The van der Waals surface area contributed by atoms with Gasteiger partial charge in [-0.05, 0) is 55.3 Å². The lowest BCUT2D eigenvalue weighted by molar-refractivity contribution is 0.0712. The van der Waals surface area contributed by atoms with E-state index in [1.807, 2.05) is 35.2 Å². The van der Waals surface area contributed by atoms with E-state index in [0.717, 1.165) is 31.6 Å². The van der Waals surface area contributed by atoms with Crippen molar-refractivity contribution in [1.29, 1.82) is 0 Å². The Bertz CT molecular complexity index is 1200. The van der Waals surface area contributed by atoms with E-state index in [1.54, 1.807) is 35.2 Å². The maximum atomic E-state index is 13.5. The van der Waals surface area contributed by atoms with Crippen LogP contribution in [0.5, 0.6) is 0 Å². The standard InChI is InChI=1S/C27H28N4O4/c32-25(20-7-2-1-3-8-20)28-21-10-11-23(22(19-21)26(33)30-12-4-5-13-30)29-14-16-31(17-15-29)27(34)24-9-6-18-35-24/h1-3,6-11,18-19H,4-5,12-17H2,(H,28,32). The summed E-state index contributed by atoms with van der Waals surface area (Å²) in [5.74, 6) is -0.0331. The Morgan fingerprint density at radius 3 is 2.14 bits per heavy atom. The molecule has 3 amide bonds. The second kappa shape index (κ2) is 10.0. The zero-order valence-corrected chi connectivity index (χ0v) is 19.5. The van der Waals surface area contributed by atoms with Crippen LogP contribution in [0.4, 0.5) is 11.4 Å². The summed E-state index contributed by atoms with van der Waals surface area (Å²) in [7, 11) is 0. The number of likely N-dealkylation sites (tertiary alicyclic amines) is 1. The summed E-state index contributed by atoms with van der Waals surface area (Å²) in [6.45, 7) is 3.74. The molecule has 3 aromatic rings. The first kappa shape index (κ1) is 22.7. The highest BCUT2D eigenvalue weighted by molar-refractivity contribution is 6.06. The fraction of sp³-hybridized carbons (Fsp3) is 0.296. The number of amides is 3. The number of carbonyl (C=O) groups is 3. The van der Waals surface area contributed by atoms with Crippen LogP contribution in [0.25, 0.3) is 0 Å². The third kappa shape index (κ3) is 4.91. The Morgan fingerprint density at radius 1 is 0.743 bits per heavy atom. The predicted molar refractivity (Wildman–Crippen MR) is 133 cm³/mol. The minimum atomic E-state index is -0.219. The zero-order chi connectivity index (χ0) is 24.2. The minimum Gasteiger partial charge on any atom is -0.459 e. The molecule has 0 aliphatic carbocycles. The van der Waals surface area contributed by atoms with Crippen molar-refractivity contribution in [3.05, 3.63) is 83.8 Å². The maximum Gasteiger partial charge on any atom is 0.289 e. The Morgan fingerprint density at radius 2 is 1.46 bits per heavy atom. The molecule has 2 fully saturated rings. The molecular formula is C27H28N4O4. The molecule has 0 unspecified atom stereocenters. The van der Waals surface area contributed by atoms with E-state index in [4.69, 9.17) is 4.42 Å². The average molecular weight is 473 g/mol. The van der Waals surface area contributed by atoms with Crippen molar-refractivity contribution >= 4 is 29.1 Å². The van der Waals surface area contributed by atoms with Crippen molar-refractivity contribution in [2.45, 2.75) is 12.8 Å².